The Bertz CT molecular complexity index is 388. The summed E-state index contributed by atoms with van der Waals surface area (Å²) in [6.45, 7) is 2.76. The van der Waals surface area contributed by atoms with Gasteiger partial charge in [-0.2, -0.15) is 0 Å². The number of rotatable bonds is 3. The molecule has 94 valence electrons. The van der Waals surface area contributed by atoms with E-state index < -0.39 is 5.60 Å². The Hall–Kier alpha value is -0.680. The molecule has 2 N–H and O–H groups in total. The maximum atomic E-state index is 10.5. The van der Waals surface area contributed by atoms with Gasteiger partial charge in [0.15, 0.2) is 0 Å². The molecule has 0 aliphatic heterocycles. The van der Waals surface area contributed by atoms with Gasteiger partial charge in [-0.3, -0.25) is 0 Å². The van der Waals surface area contributed by atoms with E-state index in [2.05, 4.69) is 38.1 Å². The first-order valence-corrected chi connectivity index (χ1v) is 6.80. The van der Waals surface area contributed by atoms with Crippen LogP contribution in [0.5, 0.6) is 0 Å². The molecule has 1 heterocycles. The lowest BCUT2D eigenvalue weighted by atomic mass is 9.79. The molecule has 2 atom stereocenters. The van der Waals surface area contributed by atoms with Crippen molar-refractivity contribution in [1.29, 1.82) is 0 Å². The number of nitrogens with one attached hydrogen (secondary N) is 1. The zero-order valence-electron chi connectivity index (χ0n) is 9.99. The predicted molar refractivity (Wildman–Crippen MR) is 70.8 cm³/mol. The molecular formula is C12H18BrN3O. The van der Waals surface area contributed by atoms with E-state index in [1.165, 1.54) is 12.7 Å². The van der Waals surface area contributed by atoms with Gasteiger partial charge in [0.2, 0.25) is 0 Å². The molecule has 1 aliphatic rings. The first-order chi connectivity index (χ1) is 8.07. The van der Waals surface area contributed by atoms with Crippen LogP contribution in [0.25, 0.3) is 0 Å². The quantitative estimate of drug-likeness (QED) is 0.842. The summed E-state index contributed by atoms with van der Waals surface area (Å²) in [6, 6.07) is 1.82. The monoisotopic (exact) mass is 299 g/mol. The molecule has 1 fully saturated rings. The Morgan fingerprint density at radius 1 is 1.59 bits per heavy atom. The van der Waals surface area contributed by atoms with Crippen LogP contribution in [0, 0.1) is 5.92 Å². The number of aliphatic hydroxyl groups is 1. The lowest BCUT2D eigenvalue weighted by molar-refractivity contribution is -0.000829. The largest absolute Gasteiger partial charge is 0.388 e. The normalized spacial score (nSPS) is 29.0. The van der Waals surface area contributed by atoms with Crippen molar-refractivity contribution in [2.24, 2.45) is 5.92 Å². The molecule has 2 rings (SSSR count). The summed E-state index contributed by atoms with van der Waals surface area (Å²) in [5.41, 5.74) is -0.588. The van der Waals surface area contributed by atoms with E-state index >= 15 is 0 Å². The summed E-state index contributed by atoms with van der Waals surface area (Å²) in [7, 11) is 0. The average molecular weight is 300 g/mol. The van der Waals surface area contributed by atoms with Crippen LogP contribution in [0.4, 0.5) is 5.82 Å². The molecule has 2 unspecified atom stereocenters. The molecule has 1 saturated carbocycles. The molecule has 0 spiro atoms. The molecule has 1 aromatic rings. The van der Waals surface area contributed by atoms with Crippen LogP contribution in [0.2, 0.25) is 0 Å². The minimum absolute atomic E-state index is 0.556. The van der Waals surface area contributed by atoms with Crippen LogP contribution in [-0.4, -0.2) is 27.2 Å². The minimum Gasteiger partial charge on any atom is -0.388 e. The molecular weight excluding hydrogens is 282 g/mol. The molecule has 0 aromatic carbocycles. The van der Waals surface area contributed by atoms with Crippen LogP contribution < -0.4 is 5.32 Å². The Morgan fingerprint density at radius 3 is 3.12 bits per heavy atom. The first kappa shape index (κ1) is 12.8. The highest BCUT2D eigenvalue weighted by molar-refractivity contribution is 9.10. The smallest absolute Gasteiger partial charge is 0.130 e. The number of halogens is 1. The van der Waals surface area contributed by atoms with Gasteiger partial charge in [-0.25, -0.2) is 9.97 Å². The highest BCUT2D eigenvalue weighted by atomic mass is 79.9. The Balaban J connectivity index is 1.93. The zero-order chi connectivity index (χ0) is 12.3. The number of nitrogens with zero attached hydrogens (tertiary/aromatic N) is 2. The molecule has 17 heavy (non-hydrogen) atoms. The zero-order valence-corrected chi connectivity index (χ0v) is 11.6. The van der Waals surface area contributed by atoms with E-state index in [0.717, 1.165) is 29.7 Å². The van der Waals surface area contributed by atoms with Gasteiger partial charge in [0, 0.05) is 12.6 Å². The van der Waals surface area contributed by atoms with Crippen LogP contribution in [0.1, 0.15) is 32.6 Å². The summed E-state index contributed by atoms with van der Waals surface area (Å²) in [6.07, 6.45) is 5.57. The number of anilines is 1. The van der Waals surface area contributed by atoms with E-state index in [0.29, 0.717) is 12.5 Å². The average Bonchev–Trinajstić information content (AvgIpc) is 2.26. The maximum Gasteiger partial charge on any atom is 0.130 e. The Labute approximate surface area is 110 Å². The Kier molecular flexibility index (Phi) is 3.99. The Morgan fingerprint density at radius 2 is 2.41 bits per heavy atom. The predicted octanol–water partition coefficient (Wildman–Crippen LogP) is 2.59. The third kappa shape index (κ3) is 3.64. The van der Waals surface area contributed by atoms with Crippen LogP contribution in [-0.2, 0) is 0 Å². The minimum atomic E-state index is -0.588. The third-order valence-electron chi connectivity index (χ3n) is 3.30. The van der Waals surface area contributed by atoms with Gasteiger partial charge in [0.25, 0.3) is 0 Å². The third-order valence-corrected chi connectivity index (χ3v) is 3.73. The SMILES string of the molecule is CC1CCCC(O)(CNc2cc(Br)ncn2)C1. The molecule has 5 heteroatoms. The van der Waals surface area contributed by atoms with Gasteiger partial charge in [-0.05, 0) is 34.7 Å². The second kappa shape index (κ2) is 5.31. The van der Waals surface area contributed by atoms with Crippen molar-refractivity contribution >= 4 is 21.7 Å². The standard InChI is InChI=1S/C12H18BrN3O/c1-9-3-2-4-12(17,6-9)7-14-11-5-10(13)15-8-16-11/h5,8-9,17H,2-4,6-7H2,1H3,(H,14,15,16). The van der Waals surface area contributed by atoms with Crippen molar-refractivity contribution in [3.8, 4) is 0 Å². The van der Waals surface area contributed by atoms with E-state index in [9.17, 15) is 5.11 Å². The number of hydrogen-bond acceptors (Lipinski definition) is 4. The van der Waals surface area contributed by atoms with Gasteiger partial charge in [-0.15, -0.1) is 0 Å². The lowest BCUT2D eigenvalue weighted by Crippen LogP contribution is -2.41. The molecule has 0 bridgehead atoms. The molecule has 0 radical (unpaired) electrons. The van der Waals surface area contributed by atoms with Crippen LogP contribution in [0.3, 0.4) is 0 Å². The van der Waals surface area contributed by atoms with Crippen molar-refractivity contribution in [2.75, 3.05) is 11.9 Å². The van der Waals surface area contributed by atoms with E-state index in [1.54, 1.807) is 0 Å². The summed E-state index contributed by atoms with van der Waals surface area (Å²) in [4.78, 5) is 8.08. The topological polar surface area (TPSA) is 58.0 Å². The van der Waals surface area contributed by atoms with Gasteiger partial charge in [0.1, 0.15) is 16.7 Å². The molecule has 4 nitrogen and oxygen atoms in total. The van der Waals surface area contributed by atoms with Crippen molar-refractivity contribution in [3.05, 3.63) is 17.0 Å². The molecule has 0 saturated heterocycles. The fraction of sp³-hybridized carbons (Fsp3) is 0.667. The van der Waals surface area contributed by atoms with Crippen molar-refractivity contribution < 1.29 is 5.11 Å². The fourth-order valence-electron chi connectivity index (χ4n) is 2.48. The first-order valence-electron chi connectivity index (χ1n) is 6.01. The van der Waals surface area contributed by atoms with Gasteiger partial charge in [0.05, 0.1) is 5.60 Å². The molecule has 1 aromatic heterocycles. The number of aromatic nitrogens is 2. The van der Waals surface area contributed by atoms with E-state index in [4.69, 9.17) is 0 Å². The number of hydrogen-bond donors (Lipinski definition) is 2. The van der Waals surface area contributed by atoms with Gasteiger partial charge in [-0.1, -0.05) is 19.8 Å². The second-order valence-corrected chi connectivity index (χ2v) is 5.82. The highest BCUT2D eigenvalue weighted by Crippen LogP contribution is 2.32. The van der Waals surface area contributed by atoms with Crippen LogP contribution in [0.15, 0.2) is 17.0 Å². The van der Waals surface area contributed by atoms with Crippen molar-refractivity contribution in [3.63, 3.8) is 0 Å². The molecule has 0 amide bonds. The van der Waals surface area contributed by atoms with Gasteiger partial charge < -0.3 is 10.4 Å². The summed E-state index contributed by atoms with van der Waals surface area (Å²) < 4.78 is 0.749. The van der Waals surface area contributed by atoms with Gasteiger partial charge >= 0.3 is 0 Å². The molecule has 1 aliphatic carbocycles. The maximum absolute atomic E-state index is 10.5. The lowest BCUT2D eigenvalue weighted by Gasteiger charge is -2.35. The van der Waals surface area contributed by atoms with Crippen molar-refractivity contribution in [2.45, 2.75) is 38.2 Å². The van der Waals surface area contributed by atoms with Crippen molar-refractivity contribution in [1.82, 2.24) is 9.97 Å². The second-order valence-electron chi connectivity index (χ2n) is 5.01. The fourth-order valence-corrected chi connectivity index (χ4v) is 2.79. The summed E-state index contributed by atoms with van der Waals surface area (Å²) in [5, 5.41) is 13.6. The van der Waals surface area contributed by atoms with Crippen LogP contribution >= 0.6 is 15.9 Å². The van der Waals surface area contributed by atoms with E-state index in [1.807, 2.05) is 6.07 Å². The van der Waals surface area contributed by atoms with E-state index in [-0.39, 0.29) is 0 Å². The summed E-state index contributed by atoms with van der Waals surface area (Å²) >= 11 is 3.30. The summed E-state index contributed by atoms with van der Waals surface area (Å²) in [5.74, 6) is 1.35. The highest BCUT2D eigenvalue weighted by Gasteiger charge is 2.32.